The summed E-state index contributed by atoms with van der Waals surface area (Å²) in [4.78, 5) is 141. The number of likely N-dealkylation sites (tertiary alicyclic amines) is 1. The summed E-state index contributed by atoms with van der Waals surface area (Å²) in [6.07, 6.45) is -0.779. The minimum absolute atomic E-state index is 0.00426. The summed E-state index contributed by atoms with van der Waals surface area (Å²) < 4.78 is 0. The minimum Gasteiger partial charge on any atom is -0.508 e. The average molecular weight is 1100 g/mol. The molecule has 1 fully saturated rings. The van der Waals surface area contributed by atoms with Crippen molar-refractivity contribution in [3.63, 3.8) is 0 Å². The van der Waals surface area contributed by atoms with Crippen LogP contribution in [0.4, 0.5) is 0 Å². The topological polar surface area (TPSA) is 435 Å². The fraction of sp³-hybridized carbons (Fsp3) is 0.463. The van der Waals surface area contributed by atoms with Gasteiger partial charge in [-0.3, -0.25) is 52.9 Å². The Bertz CT molecular complexity index is 2600. The second kappa shape index (κ2) is 31.6. The van der Waals surface area contributed by atoms with Crippen LogP contribution in [0.15, 0.2) is 89.9 Å². The number of benzene rings is 3. The molecule has 10 amide bonds. The zero-order valence-corrected chi connectivity index (χ0v) is 44.6. The van der Waals surface area contributed by atoms with Gasteiger partial charge in [0.2, 0.25) is 59.1 Å². The number of nitrogens with one attached hydrogen (secondary N) is 6. The monoisotopic (exact) mass is 1100 g/mol. The van der Waals surface area contributed by atoms with Crippen LogP contribution in [-0.2, 0) is 67.2 Å². The van der Waals surface area contributed by atoms with Crippen molar-refractivity contribution in [3.05, 3.63) is 102 Å². The summed E-state index contributed by atoms with van der Waals surface area (Å²) in [7, 11) is 0. The maximum Gasteiger partial charge on any atom is 0.245 e. The predicted octanol–water partition coefficient (Wildman–Crippen LogP) is -2.24. The molecule has 3 aromatic rings. The van der Waals surface area contributed by atoms with Crippen molar-refractivity contribution in [1.82, 2.24) is 36.8 Å². The number of rotatable bonds is 32. The molecule has 4 rings (SSSR count). The number of nitrogens with zero attached hydrogens (tertiary/aromatic N) is 2. The van der Waals surface area contributed by atoms with Gasteiger partial charge in [-0.2, -0.15) is 0 Å². The van der Waals surface area contributed by atoms with Crippen molar-refractivity contribution in [2.45, 2.75) is 139 Å². The highest BCUT2D eigenvalue weighted by Crippen LogP contribution is 2.21. The van der Waals surface area contributed by atoms with E-state index in [1.165, 1.54) is 17.0 Å². The fourth-order valence-electron chi connectivity index (χ4n) is 8.82. The number of carbonyl (C=O) groups is 10. The summed E-state index contributed by atoms with van der Waals surface area (Å²) in [5.74, 6) is -8.33. The zero-order valence-electron chi connectivity index (χ0n) is 44.6. The molecule has 1 aliphatic heterocycles. The molecule has 0 spiro atoms. The normalized spacial score (nSPS) is 15.6. The third-order valence-corrected chi connectivity index (χ3v) is 13.0. The molecular formula is C54H76N14O11. The first-order chi connectivity index (χ1) is 37.5. The van der Waals surface area contributed by atoms with Crippen molar-refractivity contribution < 1.29 is 53.1 Å². The molecule has 428 valence electrons. The molecule has 0 saturated carbocycles. The van der Waals surface area contributed by atoms with Crippen molar-refractivity contribution in [3.8, 4) is 5.75 Å². The molecule has 19 N–H and O–H groups in total. The van der Waals surface area contributed by atoms with Crippen LogP contribution in [0.3, 0.4) is 0 Å². The van der Waals surface area contributed by atoms with E-state index in [1.54, 1.807) is 72.8 Å². The number of hydrogen-bond acceptors (Lipinski definition) is 13. The lowest BCUT2D eigenvalue weighted by Crippen LogP contribution is -2.60. The Labute approximate surface area is 458 Å². The molecule has 0 aliphatic carbocycles. The molecule has 0 unspecified atom stereocenters. The maximum atomic E-state index is 14.6. The zero-order chi connectivity index (χ0) is 58.2. The maximum absolute atomic E-state index is 14.6. The van der Waals surface area contributed by atoms with Gasteiger partial charge in [-0.1, -0.05) is 86.6 Å². The first kappa shape index (κ1) is 62.9. The Hall–Kier alpha value is -8.61. The highest BCUT2D eigenvalue weighted by atomic mass is 16.3. The molecule has 8 atom stereocenters. The molecule has 0 bridgehead atoms. The molecule has 79 heavy (non-hydrogen) atoms. The van der Waals surface area contributed by atoms with Crippen LogP contribution in [0.5, 0.6) is 5.75 Å². The van der Waals surface area contributed by atoms with E-state index in [0.717, 1.165) is 0 Å². The van der Waals surface area contributed by atoms with Crippen LogP contribution in [-0.4, -0.2) is 136 Å². The lowest BCUT2D eigenvalue weighted by Gasteiger charge is -2.31. The Morgan fingerprint density at radius 3 is 1.58 bits per heavy atom. The van der Waals surface area contributed by atoms with Crippen LogP contribution in [0.25, 0.3) is 0 Å². The summed E-state index contributed by atoms with van der Waals surface area (Å²) in [6, 6.07) is 13.1. The molecule has 3 aromatic carbocycles. The number of aromatic hydroxyl groups is 1. The van der Waals surface area contributed by atoms with Gasteiger partial charge in [0.05, 0.1) is 6.04 Å². The Morgan fingerprint density at radius 2 is 1.04 bits per heavy atom. The SMILES string of the molecule is CC(C)C[C@@H](NC(=O)[C@H](N)Cc1ccc(O)cc1)C(=O)N[C@H](Cc1ccccc1)C(=O)N[C@@H](CCC(N)=O)C(=O)N1CCC[C@H]1C(=O)N[C@@H](CCC(N)=O)C(=O)N[C@@H](CCCN=C(N)N)C(=O)N[C@@H](Cc1ccccc1)C(N)=O. The van der Waals surface area contributed by atoms with Crippen molar-refractivity contribution >= 4 is 65.0 Å². The van der Waals surface area contributed by atoms with E-state index < -0.39 is 114 Å². The summed E-state index contributed by atoms with van der Waals surface area (Å²) >= 11 is 0. The number of carbonyl (C=O) groups excluding carboxylic acids is 10. The van der Waals surface area contributed by atoms with Gasteiger partial charge in [0.15, 0.2) is 5.96 Å². The van der Waals surface area contributed by atoms with E-state index in [1.807, 2.05) is 13.8 Å². The molecule has 25 heteroatoms. The van der Waals surface area contributed by atoms with E-state index >= 15 is 0 Å². The van der Waals surface area contributed by atoms with E-state index in [9.17, 15) is 53.1 Å². The number of amides is 10. The van der Waals surface area contributed by atoms with Crippen LogP contribution in [0.2, 0.25) is 0 Å². The fourth-order valence-corrected chi connectivity index (χ4v) is 8.82. The van der Waals surface area contributed by atoms with Gasteiger partial charge in [-0.15, -0.1) is 0 Å². The standard InChI is InChI=1S/C54H76N14O11/c1-31(2)27-41(66-47(73)36(55)28-34-17-19-35(69)20-18-34)50(76)67-42(30-33-13-7-4-8-14-33)51(77)64-39(22-24-45(57)71)53(79)68-26-10-16-43(68)52(78)63-38(21-23-44(56)70)49(75)62-37(15-9-25-61-54(59)60)48(74)65-40(46(58)72)29-32-11-5-3-6-12-32/h3-8,11-14,17-20,31,36-43,69H,9-10,15-16,21-30,55H2,1-2H3,(H2,56,70)(H2,57,71)(H2,58,72)(H,62,75)(H,63,78)(H,64,77)(H,65,74)(H,66,73)(H,67,76)(H4,59,60,61)/t36-,37+,38+,39+,40+,41-,42-,43+/m1/s1. The van der Waals surface area contributed by atoms with Crippen LogP contribution in [0.1, 0.15) is 88.3 Å². The van der Waals surface area contributed by atoms with Crippen molar-refractivity contribution in [2.24, 2.45) is 45.3 Å². The lowest BCUT2D eigenvalue weighted by atomic mass is 9.99. The van der Waals surface area contributed by atoms with Crippen LogP contribution in [0, 0.1) is 5.92 Å². The number of phenols is 1. The summed E-state index contributed by atoms with van der Waals surface area (Å²) in [5, 5.41) is 25.6. The first-order valence-electron chi connectivity index (χ1n) is 26.2. The van der Waals surface area contributed by atoms with E-state index in [4.69, 9.17) is 34.4 Å². The highest BCUT2D eigenvalue weighted by molar-refractivity contribution is 5.98. The van der Waals surface area contributed by atoms with Gasteiger partial charge in [-0.25, -0.2) is 0 Å². The van der Waals surface area contributed by atoms with Crippen molar-refractivity contribution in [1.29, 1.82) is 0 Å². The number of primary amides is 3. The van der Waals surface area contributed by atoms with Gasteiger partial charge < -0.3 is 76.3 Å². The van der Waals surface area contributed by atoms with E-state index in [2.05, 4.69) is 36.9 Å². The molecule has 1 aliphatic rings. The van der Waals surface area contributed by atoms with Gasteiger partial charge in [0.25, 0.3) is 0 Å². The molecule has 0 aromatic heterocycles. The first-order valence-corrected chi connectivity index (χ1v) is 26.2. The molecule has 0 radical (unpaired) electrons. The Kier molecular flexibility index (Phi) is 25.1. The lowest BCUT2D eigenvalue weighted by molar-refractivity contribution is -0.143. The largest absolute Gasteiger partial charge is 0.508 e. The number of aliphatic imine (C=N–C) groups is 1. The van der Waals surface area contributed by atoms with Crippen molar-refractivity contribution in [2.75, 3.05) is 13.1 Å². The third-order valence-electron chi connectivity index (χ3n) is 13.0. The number of hydrogen-bond donors (Lipinski definition) is 13. The second-order valence-corrected chi connectivity index (χ2v) is 19.9. The quantitative estimate of drug-likeness (QED) is 0.0179. The van der Waals surface area contributed by atoms with Gasteiger partial charge in [0, 0.05) is 38.8 Å². The molecule has 25 nitrogen and oxygen atoms in total. The van der Waals surface area contributed by atoms with Gasteiger partial charge >= 0.3 is 0 Å². The number of guanidine groups is 1. The Morgan fingerprint density at radius 1 is 0.570 bits per heavy atom. The molecule has 1 heterocycles. The summed E-state index contributed by atoms with van der Waals surface area (Å²) in [5.41, 5.74) is 35.8. The van der Waals surface area contributed by atoms with E-state index in [-0.39, 0.29) is 101 Å². The van der Waals surface area contributed by atoms with E-state index in [0.29, 0.717) is 16.7 Å². The smallest absolute Gasteiger partial charge is 0.245 e. The van der Waals surface area contributed by atoms with Crippen LogP contribution < -0.4 is 66.3 Å². The second-order valence-electron chi connectivity index (χ2n) is 19.9. The number of phenolic OH excluding ortho intramolecular Hbond substituents is 1. The predicted molar refractivity (Wildman–Crippen MR) is 292 cm³/mol. The minimum atomic E-state index is -1.51. The number of nitrogens with two attached hydrogens (primary N) is 6. The molecular weight excluding hydrogens is 1020 g/mol. The average Bonchev–Trinajstić information content (AvgIpc) is 3.91. The van der Waals surface area contributed by atoms with Gasteiger partial charge in [0.1, 0.15) is 48.0 Å². The van der Waals surface area contributed by atoms with Crippen LogP contribution >= 0.6 is 0 Å². The highest BCUT2D eigenvalue weighted by Gasteiger charge is 2.40. The molecule has 1 saturated heterocycles. The summed E-state index contributed by atoms with van der Waals surface area (Å²) in [6.45, 7) is 3.72. The van der Waals surface area contributed by atoms with Gasteiger partial charge in [-0.05, 0) is 86.1 Å². The third kappa shape index (κ3) is 21.7. The Balaban J connectivity index is 1.56.